The van der Waals surface area contributed by atoms with Gasteiger partial charge in [0.15, 0.2) is 17.5 Å². The summed E-state index contributed by atoms with van der Waals surface area (Å²) in [5.41, 5.74) is 3.59. The van der Waals surface area contributed by atoms with Crippen LogP contribution in [0.25, 0.3) is 11.2 Å². The van der Waals surface area contributed by atoms with Gasteiger partial charge < -0.3 is 40.3 Å². The second-order valence-electron chi connectivity index (χ2n) is 6.65. The highest BCUT2D eigenvalue weighted by Crippen LogP contribution is 2.66. The molecular formula is C13H18N5O13P3. The number of hydrogen-bond donors (Lipinski definition) is 7. The Balaban J connectivity index is 1.83. The Morgan fingerprint density at radius 2 is 1.88 bits per heavy atom. The van der Waals surface area contributed by atoms with Crippen LogP contribution in [0.4, 0.5) is 5.95 Å². The highest BCUT2D eigenvalue weighted by molar-refractivity contribution is 7.66. The first-order chi connectivity index (χ1) is 15.6. The Morgan fingerprint density at radius 3 is 2.50 bits per heavy atom. The van der Waals surface area contributed by atoms with Gasteiger partial charge in [0.2, 0.25) is 5.95 Å². The molecule has 21 heteroatoms. The van der Waals surface area contributed by atoms with E-state index in [2.05, 4.69) is 39.9 Å². The molecule has 0 bridgehead atoms. The number of aliphatic hydroxyl groups is 2. The fraction of sp³-hybridized carbons (Fsp3) is 0.462. The topological polar surface area (TPSA) is 279 Å². The van der Waals surface area contributed by atoms with Crippen molar-refractivity contribution in [2.75, 3.05) is 12.3 Å². The molecular weight excluding hydrogens is 527 g/mol. The zero-order chi connectivity index (χ0) is 25.5. The number of aliphatic hydroxyl groups excluding tert-OH is 1. The normalized spacial score (nSPS) is 28.7. The third-order valence-electron chi connectivity index (χ3n) is 4.21. The van der Waals surface area contributed by atoms with Gasteiger partial charge >= 0.3 is 23.5 Å². The maximum atomic E-state index is 12.0. The number of phosphoric ester groups is 1. The Bertz CT molecular complexity index is 1290. The molecule has 6 atom stereocenters. The van der Waals surface area contributed by atoms with E-state index in [0.29, 0.717) is 0 Å². The standard InChI is InChI=1S/C13H18N5O13P3/c1-2-3-13(20)9(19)8(5-28-33(24,25)31-34(26,27)30-32(21,22)23)29-11(13)18-6-16-7-4-15-12(14)17-10(7)18/h4,6,8-9,11,19-20H,5H2,1H3,(H,24,25)(H,26,27)(H2,14,15,17)(H2,21,22,23)/t8-,9+,11-,13?/m1/s1. The van der Waals surface area contributed by atoms with Crippen LogP contribution in [0, 0.1) is 11.8 Å². The Kier molecular flexibility index (Phi) is 7.36. The first kappa shape index (κ1) is 26.8. The molecule has 3 heterocycles. The van der Waals surface area contributed by atoms with E-state index in [1.165, 1.54) is 24.0 Å². The molecule has 0 aromatic carbocycles. The van der Waals surface area contributed by atoms with E-state index in [-0.39, 0.29) is 17.1 Å². The molecule has 0 saturated carbocycles. The van der Waals surface area contributed by atoms with Gasteiger partial charge in [0, 0.05) is 0 Å². The summed E-state index contributed by atoms with van der Waals surface area (Å²) < 4.78 is 52.5. The molecule has 0 radical (unpaired) electrons. The number of ether oxygens (including phenoxy) is 1. The molecule has 0 spiro atoms. The number of imidazole rings is 1. The van der Waals surface area contributed by atoms with Crippen LogP contribution >= 0.6 is 23.5 Å². The summed E-state index contributed by atoms with van der Waals surface area (Å²) >= 11 is 0. The summed E-state index contributed by atoms with van der Waals surface area (Å²) in [4.78, 5) is 47.7. The van der Waals surface area contributed by atoms with Gasteiger partial charge in [-0.05, 0) is 6.92 Å². The highest BCUT2D eigenvalue weighted by atomic mass is 31.3. The van der Waals surface area contributed by atoms with Crippen LogP contribution in [-0.2, 0) is 31.6 Å². The molecule has 3 rings (SSSR count). The quantitative estimate of drug-likeness (QED) is 0.151. The van der Waals surface area contributed by atoms with Crippen LogP contribution in [0.3, 0.4) is 0 Å². The SMILES string of the molecule is CC#CC1(O)[C@@H](O)[C@@H](COP(=O)(O)OP(=O)(O)OP(=O)(O)O)O[C@H]1n1cnc2cnc(N)nc21. The number of anilines is 1. The summed E-state index contributed by atoms with van der Waals surface area (Å²) in [6.07, 6.45) is -2.49. The molecule has 1 aliphatic rings. The largest absolute Gasteiger partial charge is 0.490 e. The van der Waals surface area contributed by atoms with Crippen molar-refractivity contribution in [1.29, 1.82) is 0 Å². The third kappa shape index (κ3) is 5.88. The van der Waals surface area contributed by atoms with Crippen LogP contribution < -0.4 is 5.73 Å². The van der Waals surface area contributed by atoms with E-state index in [9.17, 15) is 33.7 Å². The van der Waals surface area contributed by atoms with Crippen LogP contribution in [0.5, 0.6) is 0 Å². The summed E-state index contributed by atoms with van der Waals surface area (Å²) in [6.45, 7) is 0.326. The molecule has 188 valence electrons. The van der Waals surface area contributed by atoms with Crippen molar-refractivity contribution in [3.8, 4) is 11.8 Å². The summed E-state index contributed by atoms with van der Waals surface area (Å²) in [6, 6.07) is 0. The van der Waals surface area contributed by atoms with Crippen molar-refractivity contribution in [2.24, 2.45) is 0 Å². The Morgan fingerprint density at radius 1 is 1.21 bits per heavy atom. The predicted octanol–water partition coefficient (Wildman–Crippen LogP) is -1.24. The zero-order valence-corrected chi connectivity index (χ0v) is 19.5. The summed E-state index contributed by atoms with van der Waals surface area (Å²) in [7, 11) is -16.8. The molecule has 18 nitrogen and oxygen atoms in total. The number of rotatable bonds is 8. The third-order valence-corrected chi connectivity index (χ3v) is 8.02. The van der Waals surface area contributed by atoms with Crippen LogP contribution in [0.15, 0.2) is 12.5 Å². The number of fused-ring (bicyclic) bond motifs is 1. The van der Waals surface area contributed by atoms with Gasteiger partial charge in [-0.15, -0.1) is 5.92 Å². The molecule has 8 N–H and O–H groups in total. The lowest BCUT2D eigenvalue weighted by molar-refractivity contribution is -0.0718. The highest BCUT2D eigenvalue weighted by Gasteiger charge is 2.56. The maximum Gasteiger partial charge on any atom is 0.490 e. The monoisotopic (exact) mass is 545 g/mol. The van der Waals surface area contributed by atoms with Crippen molar-refractivity contribution in [3.63, 3.8) is 0 Å². The number of phosphoric acid groups is 3. The van der Waals surface area contributed by atoms with E-state index < -0.39 is 54.1 Å². The van der Waals surface area contributed by atoms with Crippen molar-refractivity contribution in [3.05, 3.63) is 12.5 Å². The Hall–Kier alpha value is -1.80. The first-order valence-corrected chi connectivity index (χ1v) is 13.3. The fourth-order valence-corrected chi connectivity index (χ4v) is 6.03. The second-order valence-corrected chi connectivity index (χ2v) is 11.1. The van der Waals surface area contributed by atoms with E-state index in [1.807, 2.05) is 0 Å². The Labute approximate surface area is 189 Å². The van der Waals surface area contributed by atoms with E-state index in [1.54, 1.807) is 0 Å². The van der Waals surface area contributed by atoms with Crippen molar-refractivity contribution in [2.45, 2.75) is 31.0 Å². The average molecular weight is 545 g/mol. The minimum Gasteiger partial charge on any atom is -0.386 e. The maximum absolute atomic E-state index is 12.0. The zero-order valence-electron chi connectivity index (χ0n) is 16.8. The summed E-state index contributed by atoms with van der Waals surface area (Å²) in [5, 5.41) is 21.7. The molecule has 2 aromatic rings. The van der Waals surface area contributed by atoms with Gasteiger partial charge in [-0.2, -0.15) is 13.6 Å². The smallest absolute Gasteiger partial charge is 0.386 e. The molecule has 0 aliphatic carbocycles. The van der Waals surface area contributed by atoms with Gasteiger partial charge in [-0.25, -0.2) is 23.7 Å². The molecule has 34 heavy (non-hydrogen) atoms. The van der Waals surface area contributed by atoms with E-state index >= 15 is 0 Å². The first-order valence-electron chi connectivity index (χ1n) is 8.80. The minimum atomic E-state index is -5.75. The van der Waals surface area contributed by atoms with Gasteiger partial charge in [0.25, 0.3) is 0 Å². The fourth-order valence-electron chi connectivity index (χ4n) is 3.00. The number of nitrogens with two attached hydrogens (primary N) is 1. The molecule has 0 amide bonds. The van der Waals surface area contributed by atoms with Crippen LogP contribution in [-0.4, -0.2) is 73.7 Å². The lowest BCUT2D eigenvalue weighted by Gasteiger charge is -2.26. The van der Waals surface area contributed by atoms with Crippen molar-refractivity contribution in [1.82, 2.24) is 19.5 Å². The number of nitrogens with zero attached hydrogens (tertiary/aromatic N) is 4. The van der Waals surface area contributed by atoms with E-state index in [0.717, 1.165) is 0 Å². The molecule has 3 unspecified atom stereocenters. The predicted molar refractivity (Wildman–Crippen MR) is 108 cm³/mol. The second kappa shape index (κ2) is 9.34. The number of nitrogen functional groups attached to an aromatic ring is 1. The number of hydrogen-bond acceptors (Lipinski definition) is 13. The van der Waals surface area contributed by atoms with Crippen LogP contribution in [0.2, 0.25) is 0 Å². The molecule has 1 fully saturated rings. The van der Waals surface area contributed by atoms with Crippen molar-refractivity contribution < 1.29 is 61.4 Å². The minimum absolute atomic E-state index is 0.0922. The van der Waals surface area contributed by atoms with E-state index in [4.69, 9.17) is 20.3 Å². The molecule has 1 saturated heterocycles. The number of aromatic nitrogens is 4. The summed E-state index contributed by atoms with van der Waals surface area (Å²) in [5.74, 6) is 4.66. The van der Waals surface area contributed by atoms with Gasteiger partial charge in [-0.3, -0.25) is 9.09 Å². The lowest BCUT2D eigenvalue weighted by Crippen LogP contribution is -2.46. The molecule has 1 aliphatic heterocycles. The van der Waals surface area contributed by atoms with Gasteiger partial charge in [-0.1, -0.05) is 5.92 Å². The average Bonchev–Trinajstić information content (AvgIpc) is 3.17. The van der Waals surface area contributed by atoms with Crippen LogP contribution in [0.1, 0.15) is 13.2 Å². The lowest BCUT2D eigenvalue weighted by atomic mass is 9.94. The van der Waals surface area contributed by atoms with Gasteiger partial charge in [0.05, 0.1) is 19.1 Å². The van der Waals surface area contributed by atoms with Crippen molar-refractivity contribution >= 4 is 40.6 Å². The van der Waals surface area contributed by atoms with Gasteiger partial charge in [0.1, 0.15) is 17.7 Å². The molecule has 2 aromatic heterocycles.